The maximum absolute atomic E-state index is 12.1. The summed E-state index contributed by atoms with van der Waals surface area (Å²) >= 11 is 0. The third-order valence-corrected chi connectivity index (χ3v) is 4.96. The van der Waals surface area contributed by atoms with E-state index in [4.69, 9.17) is 13.9 Å². The van der Waals surface area contributed by atoms with Gasteiger partial charge in [-0.05, 0) is 23.3 Å². The highest BCUT2D eigenvalue weighted by atomic mass is 16.5. The molecule has 4 rings (SSSR count). The van der Waals surface area contributed by atoms with E-state index in [1.807, 2.05) is 60.7 Å². The third-order valence-electron chi connectivity index (χ3n) is 4.96. The van der Waals surface area contributed by atoms with Gasteiger partial charge in [-0.1, -0.05) is 60.7 Å². The van der Waals surface area contributed by atoms with Crippen LogP contribution < -0.4 is 0 Å². The summed E-state index contributed by atoms with van der Waals surface area (Å²) in [6, 6.07) is 23.7. The molecule has 5 heteroatoms. The largest absolute Gasteiger partial charge is 0.468 e. The van der Waals surface area contributed by atoms with Gasteiger partial charge in [0.05, 0.1) is 38.1 Å². The number of hydrogen-bond acceptors (Lipinski definition) is 5. The highest BCUT2D eigenvalue weighted by molar-refractivity contribution is 5.72. The highest BCUT2D eigenvalue weighted by Crippen LogP contribution is 2.34. The predicted octanol–water partition coefficient (Wildman–Crippen LogP) is 4.14. The molecule has 1 saturated heterocycles. The van der Waals surface area contributed by atoms with Crippen molar-refractivity contribution >= 4 is 5.97 Å². The third kappa shape index (κ3) is 4.32. The number of furan rings is 1. The van der Waals surface area contributed by atoms with Crippen LogP contribution in [0.15, 0.2) is 83.5 Å². The van der Waals surface area contributed by atoms with Crippen LogP contribution in [-0.4, -0.2) is 30.6 Å². The van der Waals surface area contributed by atoms with Crippen LogP contribution >= 0.6 is 0 Å². The molecule has 0 saturated carbocycles. The quantitative estimate of drug-likeness (QED) is 0.579. The van der Waals surface area contributed by atoms with E-state index in [1.54, 1.807) is 6.26 Å². The maximum atomic E-state index is 12.1. The Bertz CT molecular complexity index is 864. The van der Waals surface area contributed by atoms with E-state index in [0.29, 0.717) is 19.8 Å². The van der Waals surface area contributed by atoms with Gasteiger partial charge in [-0.25, -0.2) is 0 Å². The Labute approximate surface area is 164 Å². The molecule has 1 fully saturated rings. The fraction of sp³-hybridized carbons (Fsp3) is 0.261. The Morgan fingerprint density at radius 1 is 1.00 bits per heavy atom. The Morgan fingerprint density at radius 2 is 1.75 bits per heavy atom. The van der Waals surface area contributed by atoms with Gasteiger partial charge in [0.15, 0.2) is 0 Å². The summed E-state index contributed by atoms with van der Waals surface area (Å²) < 4.78 is 17.1. The van der Waals surface area contributed by atoms with Gasteiger partial charge < -0.3 is 13.9 Å². The van der Waals surface area contributed by atoms with E-state index < -0.39 is 0 Å². The molecule has 2 heterocycles. The molecule has 0 unspecified atom stereocenters. The predicted molar refractivity (Wildman–Crippen MR) is 104 cm³/mol. The van der Waals surface area contributed by atoms with Crippen molar-refractivity contribution in [2.75, 3.05) is 19.8 Å². The second-order valence-electron chi connectivity index (χ2n) is 6.81. The van der Waals surface area contributed by atoms with Gasteiger partial charge in [-0.15, -0.1) is 0 Å². The zero-order chi connectivity index (χ0) is 19.2. The zero-order valence-electron chi connectivity index (χ0n) is 15.6. The smallest absolute Gasteiger partial charge is 0.320 e. The highest BCUT2D eigenvalue weighted by Gasteiger charge is 2.36. The lowest BCUT2D eigenvalue weighted by atomic mass is 10.0. The summed E-state index contributed by atoms with van der Waals surface area (Å²) in [6.07, 6.45) is 1.65. The maximum Gasteiger partial charge on any atom is 0.320 e. The van der Waals surface area contributed by atoms with Crippen LogP contribution in [0.5, 0.6) is 0 Å². The fourth-order valence-corrected chi connectivity index (χ4v) is 3.55. The minimum absolute atomic E-state index is 0.0469. The molecule has 0 radical (unpaired) electrons. The second-order valence-corrected chi connectivity index (χ2v) is 6.81. The monoisotopic (exact) mass is 377 g/mol. The number of morpholine rings is 1. The van der Waals surface area contributed by atoms with Crippen LogP contribution in [0.25, 0.3) is 0 Å². The number of ether oxygens (including phenoxy) is 2. The molecule has 2 atom stereocenters. The van der Waals surface area contributed by atoms with E-state index in [2.05, 4.69) is 17.0 Å². The molecule has 0 spiro atoms. The summed E-state index contributed by atoms with van der Waals surface area (Å²) in [5.41, 5.74) is 2.22. The molecule has 0 N–H and O–H groups in total. The van der Waals surface area contributed by atoms with E-state index in [0.717, 1.165) is 16.9 Å². The van der Waals surface area contributed by atoms with Crippen LogP contribution in [-0.2, 0) is 20.9 Å². The van der Waals surface area contributed by atoms with Crippen molar-refractivity contribution < 1.29 is 18.7 Å². The number of hydrogen-bond donors (Lipinski definition) is 0. The topological polar surface area (TPSA) is 51.9 Å². The normalized spacial score (nSPS) is 18.6. The number of benzene rings is 2. The number of nitrogens with zero attached hydrogens (tertiary/aromatic N) is 1. The molecule has 0 amide bonds. The van der Waals surface area contributed by atoms with Crippen molar-refractivity contribution in [1.29, 1.82) is 0 Å². The molecular weight excluding hydrogens is 354 g/mol. The van der Waals surface area contributed by atoms with Gasteiger partial charge in [0, 0.05) is 0 Å². The first-order valence-corrected chi connectivity index (χ1v) is 9.42. The average molecular weight is 377 g/mol. The van der Waals surface area contributed by atoms with Gasteiger partial charge in [0.25, 0.3) is 0 Å². The zero-order valence-corrected chi connectivity index (χ0v) is 15.6. The van der Waals surface area contributed by atoms with Gasteiger partial charge >= 0.3 is 5.97 Å². The van der Waals surface area contributed by atoms with Gasteiger partial charge in [0.2, 0.25) is 0 Å². The van der Waals surface area contributed by atoms with Crippen LogP contribution in [0.3, 0.4) is 0 Å². The van der Waals surface area contributed by atoms with Crippen molar-refractivity contribution in [3.63, 3.8) is 0 Å². The molecule has 1 aliphatic heterocycles. The molecule has 1 aliphatic rings. The van der Waals surface area contributed by atoms with Crippen molar-refractivity contribution in [2.24, 2.45) is 0 Å². The first-order chi connectivity index (χ1) is 13.8. The fourth-order valence-electron chi connectivity index (χ4n) is 3.55. The minimum atomic E-state index is -0.230. The molecule has 1 aromatic heterocycles. The molecule has 0 aliphatic carbocycles. The Kier molecular flexibility index (Phi) is 5.85. The van der Waals surface area contributed by atoms with E-state index in [-0.39, 0.29) is 24.6 Å². The van der Waals surface area contributed by atoms with E-state index >= 15 is 0 Å². The molecule has 144 valence electrons. The van der Waals surface area contributed by atoms with Crippen molar-refractivity contribution in [2.45, 2.75) is 18.7 Å². The minimum Gasteiger partial charge on any atom is -0.468 e. The standard InChI is InChI=1S/C23H23NO4/c25-23-14-24(20(17-28-23)19-10-5-2-6-11-19)21(22-12-7-13-27-22)16-26-15-18-8-3-1-4-9-18/h1-13,20-21H,14-17H2/t20-,21-/m1/s1. The Morgan fingerprint density at radius 3 is 2.46 bits per heavy atom. The van der Waals surface area contributed by atoms with Crippen molar-refractivity contribution in [3.05, 3.63) is 95.9 Å². The molecule has 5 nitrogen and oxygen atoms in total. The molecule has 28 heavy (non-hydrogen) atoms. The van der Waals surface area contributed by atoms with Crippen LogP contribution in [0, 0.1) is 0 Å². The molecule has 2 aromatic carbocycles. The lowest BCUT2D eigenvalue weighted by Gasteiger charge is -2.39. The molecule has 0 bridgehead atoms. The SMILES string of the molecule is O=C1CN([C@H](COCc2ccccc2)c2ccco2)[C@@H](c2ccccc2)CO1. The summed E-state index contributed by atoms with van der Waals surface area (Å²) in [4.78, 5) is 14.2. The first kappa shape index (κ1) is 18.5. The van der Waals surface area contributed by atoms with E-state index in [1.165, 1.54) is 0 Å². The number of rotatable bonds is 7. The summed E-state index contributed by atoms with van der Waals surface area (Å²) in [7, 11) is 0. The lowest BCUT2D eigenvalue weighted by Crippen LogP contribution is -2.45. The van der Waals surface area contributed by atoms with Gasteiger partial charge in [-0.3, -0.25) is 9.69 Å². The van der Waals surface area contributed by atoms with Crippen molar-refractivity contribution in [1.82, 2.24) is 4.90 Å². The first-order valence-electron chi connectivity index (χ1n) is 9.42. The van der Waals surface area contributed by atoms with Crippen LogP contribution in [0.1, 0.15) is 29.0 Å². The summed E-state index contributed by atoms with van der Waals surface area (Å²) in [5.74, 6) is 0.551. The number of carbonyl (C=O) groups is 1. The number of esters is 1. The molecule has 3 aromatic rings. The summed E-state index contributed by atoms with van der Waals surface area (Å²) in [5, 5.41) is 0. The Hall–Kier alpha value is -2.89. The van der Waals surface area contributed by atoms with Crippen LogP contribution in [0.4, 0.5) is 0 Å². The van der Waals surface area contributed by atoms with Gasteiger partial charge in [-0.2, -0.15) is 0 Å². The number of carbonyl (C=O) groups excluding carboxylic acids is 1. The summed E-state index contributed by atoms with van der Waals surface area (Å²) in [6.45, 7) is 1.43. The number of cyclic esters (lactones) is 1. The average Bonchev–Trinajstić information content (AvgIpc) is 3.27. The second kappa shape index (κ2) is 8.87. The van der Waals surface area contributed by atoms with Crippen molar-refractivity contribution in [3.8, 4) is 0 Å². The van der Waals surface area contributed by atoms with Crippen LogP contribution in [0.2, 0.25) is 0 Å². The van der Waals surface area contributed by atoms with Gasteiger partial charge in [0.1, 0.15) is 12.4 Å². The molecular formula is C23H23NO4. The van der Waals surface area contributed by atoms with E-state index in [9.17, 15) is 4.79 Å². The Balaban J connectivity index is 1.55. The lowest BCUT2D eigenvalue weighted by molar-refractivity contribution is -0.158.